The summed E-state index contributed by atoms with van der Waals surface area (Å²) in [6, 6.07) is 51.1. The molecule has 9 rings (SSSR count). The molecule has 40 heavy (non-hydrogen) atoms. The first-order chi connectivity index (χ1) is 19.9. The molecule has 0 saturated carbocycles. The lowest BCUT2D eigenvalue weighted by Gasteiger charge is -2.36. The smallest absolute Gasteiger partial charge is 0.247 e. The van der Waals surface area contributed by atoms with Crippen LogP contribution in [-0.4, -0.2) is 11.3 Å². The number of nitrogens with zero attached hydrogens (tertiary/aromatic N) is 2. The molecular formula is C37H25BN2. The second-order valence-electron chi connectivity index (χ2n) is 10.9. The van der Waals surface area contributed by atoms with E-state index in [-0.39, 0.29) is 6.71 Å². The van der Waals surface area contributed by atoms with Crippen LogP contribution in [0.3, 0.4) is 0 Å². The van der Waals surface area contributed by atoms with Crippen molar-refractivity contribution in [1.82, 2.24) is 4.57 Å². The Morgan fingerprint density at radius 2 is 1.20 bits per heavy atom. The van der Waals surface area contributed by atoms with Crippen molar-refractivity contribution in [2.75, 3.05) is 4.90 Å². The van der Waals surface area contributed by atoms with Gasteiger partial charge in [-0.3, -0.25) is 0 Å². The Kier molecular flexibility index (Phi) is 4.51. The third-order valence-electron chi connectivity index (χ3n) is 8.85. The number of rotatable bonds is 3. The summed E-state index contributed by atoms with van der Waals surface area (Å²) in [4.78, 5) is 2.42. The third kappa shape index (κ3) is 2.89. The van der Waals surface area contributed by atoms with Gasteiger partial charge in [-0.05, 0) is 64.9 Å². The highest BCUT2D eigenvalue weighted by atomic mass is 15.2. The summed E-state index contributed by atoms with van der Waals surface area (Å²) in [7, 11) is 0. The van der Waals surface area contributed by atoms with Crippen molar-refractivity contribution >= 4 is 62.0 Å². The van der Waals surface area contributed by atoms with Gasteiger partial charge in [-0.25, -0.2) is 0 Å². The highest BCUT2D eigenvalue weighted by molar-refractivity contribution is 6.99. The van der Waals surface area contributed by atoms with Crippen molar-refractivity contribution in [1.29, 1.82) is 0 Å². The summed E-state index contributed by atoms with van der Waals surface area (Å²) in [5, 5.41) is 2.65. The fraction of sp³-hybridized carbons (Fsp3) is 0.0270. The molecule has 2 nitrogen and oxygen atoms in total. The Morgan fingerprint density at radius 3 is 2.00 bits per heavy atom. The Bertz CT molecular complexity index is 2050. The maximum absolute atomic E-state index is 2.57. The minimum Gasteiger partial charge on any atom is -0.308 e. The van der Waals surface area contributed by atoms with Crippen molar-refractivity contribution in [2.24, 2.45) is 0 Å². The van der Waals surface area contributed by atoms with Crippen LogP contribution in [0.15, 0.2) is 140 Å². The molecule has 2 aliphatic heterocycles. The first kappa shape index (κ1) is 21.9. The SMILES string of the molecule is c1ccc(N(c2ccccc2)c2cccc3c2-n2c4ccccc4c4ccc5c(c42)B3c2ccccc2C5)cc1. The fourth-order valence-electron chi connectivity index (χ4n) is 7.28. The molecule has 3 heteroatoms. The van der Waals surface area contributed by atoms with Gasteiger partial charge in [-0.1, -0.05) is 109 Å². The number of anilines is 3. The average molecular weight is 508 g/mol. The first-order valence-electron chi connectivity index (χ1n) is 14.0. The Hall–Kier alpha value is -5.02. The highest BCUT2D eigenvalue weighted by Crippen LogP contribution is 2.42. The second-order valence-corrected chi connectivity index (χ2v) is 10.9. The van der Waals surface area contributed by atoms with Crippen LogP contribution in [0.4, 0.5) is 17.1 Å². The van der Waals surface area contributed by atoms with Gasteiger partial charge < -0.3 is 9.47 Å². The van der Waals surface area contributed by atoms with E-state index < -0.39 is 0 Å². The van der Waals surface area contributed by atoms with Crippen LogP contribution in [0.2, 0.25) is 0 Å². The van der Waals surface area contributed by atoms with Gasteiger partial charge in [-0.15, -0.1) is 0 Å². The van der Waals surface area contributed by atoms with Gasteiger partial charge in [-0.2, -0.15) is 0 Å². The van der Waals surface area contributed by atoms with E-state index in [1.807, 2.05) is 0 Å². The zero-order valence-electron chi connectivity index (χ0n) is 22.0. The van der Waals surface area contributed by atoms with Crippen LogP contribution in [-0.2, 0) is 6.42 Å². The standard InChI is InChI=1S/C37H25BN2/c1-3-13-27(14-4-1)39(28-15-5-2-6-16-28)34-21-11-19-32-37(34)40-33-20-10-8-17-29(33)30-23-22-26-24-25-12-7-9-18-31(25)38(32)35(26)36(30)40/h1-23H,24H2. The van der Waals surface area contributed by atoms with E-state index >= 15 is 0 Å². The molecule has 0 atom stereocenters. The Balaban J connectivity index is 1.46. The van der Waals surface area contributed by atoms with E-state index in [9.17, 15) is 0 Å². The summed E-state index contributed by atoms with van der Waals surface area (Å²) < 4.78 is 2.57. The molecule has 0 amide bonds. The van der Waals surface area contributed by atoms with Crippen molar-refractivity contribution in [3.8, 4) is 5.69 Å². The molecule has 0 unspecified atom stereocenters. The van der Waals surface area contributed by atoms with Gasteiger partial charge in [0.25, 0.3) is 0 Å². The van der Waals surface area contributed by atoms with Crippen LogP contribution in [0.5, 0.6) is 0 Å². The topological polar surface area (TPSA) is 8.17 Å². The largest absolute Gasteiger partial charge is 0.308 e. The summed E-state index contributed by atoms with van der Waals surface area (Å²) in [5.74, 6) is 0. The Labute approximate surface area is 233 Å². The van der Waals surface area contributed by atoms with Gasteiger partial charge in [0.2, 0.25) is 6.71 Å². The molecular weight excluding hydrogens is 483 g/mol. The molecule has 0 bridgehead atoms. The maximum Gasteiger partial charge on any atom is 0.247 e. The molecule has 186 valence electrons. The van der Waals surface area contributed by atoms with E-state index in [4.69, 9.17) is 0 Å². The van der Waals surface area contributed by atoms with Gasteiger partial charge in [0.1, 0.15) is 0 Å². The quantitative estimate of drug-likeness (QED) is 0.234. The predicted octanol–water partition coefficient (Wildman–Crippen LogP) is 6.99. The van der Waals surface area contributed by atoms with Crippen LogP contribution < -0.4 is 21.3 Å². The van der Waals surface area contributed by atoms with E-state index in [1.165, 1.54) is 60.7 Å². The number of fused-ring (bicyclic) bond motifs is 8. The molecule has 3 heterocycles. The highest BCUT2D eigenvalue weighted by Gasteiger charge is 2.40. The average Bonchev–Trinajstić information content (AvgIpc) is 3.36. The first-order valence-corrected chi connectivity index (χ1v) is 14.0. The molecule has 0 spiro atoms. The molecule has 0 saturated heterocycles. The molecule has 6 aromatic carbocycles. The Morgan fingerprint density at radius 1 is 0.525 bits per heavy atom. The van der Waals surface area contributed by atoms with E-state index in [1.54, 1.807) is 0 Å². The minimum atomic E-state index is 0.198. The summed E-state index contributed by atoms with van der Waals surface area (Å²) in [6.45, 7) is 0.198. The van der Waals surface area contributed by atoms with Crippen LogP contribution in [0, 0.1) is 0 Å². The van der Waals surface area contributed by atoms with Gasteiger partial charge >= 0.3 is 0 Å². The van der Waals surface area contributed by atoms with Gasteiger partial charge in [0.15, 0.2) is 0 Å². The number of benzene rings is 6. The monoisotopic (exact) mass is 508 g/mol. The molecule has 0 fully saturated rings. The molecule has 7 aromatic rings. The minimum absolute atomic E-state index is 0.198. The lowest BCUT2D eigenvalue weighted by molar-refractivity contribution is 1.14. The molecule has 2 aliphatic rings. The van der Waals surface area contributed by atoms with Crippen molar-refractivity contribution in [3.63, 3.8) is 0 Å². The molecule has 0 radical (unpaired) electrons. The van der Waals surface area contributed by atoms with E-state index in [0.717, 1.165) is 17.8 Å². The van der Waals surface area contributed by atoms with Crippen molar-refractivity contribution < 1.29 is 0 Å². The van der Waals surface area contributed by atoms with Crippen molar-refractivity contribution in [3.05, 3.63) is 151 Å². The van der Waals surface area contributed by atoms with Crippen LogP contribution in [0.1, 0.15) is 11.1 Å². The molecule has 1 aromatic heterocycles. The number of hydrogen-bond acceptors (Lipinski definition) is 1. The number of para-hydroxylation sites is 4. The number of hydrogen-bond donors (Lipinski definition) is 0. The summed E-state index contributed by atoms with van der Waals surface area (Å²) in [5.41, 5.74) is 14.5. The van der Waals surface area contributed by atoms with Crippen LogP contribution in [0.25, 0.3) is 27.5 Å². The lowest BCUT2D eigenvalue weighted by Crippen LogP contribution is -2.60. The van der Waals surface area contributed by atoms with Crippen LogP contribution >= 0.6 is 0 Å². The zero-order chi connectivity index (χ0) is 26.2. The normalized spacial score (nSPS) is 12.8. The predicted molar refractivity (Wildman–Crippen MR) is 169 cm³/mol. The van der Waals surface area contributed by atoms with Crippen molar-refractivity contribution in [2.45, 2.75) is 6.42 Å². The maximum atomic E-state index is 2.57. The van der Waals surface area contributed by atoms with Gasteiger partial charge in [0.05, 0.1) is 16.9 Å². The molecule has 0 N–H and O–H groups in total. The summed E-state index contributed by atoms with van der Waals surface area (Å²) in [6.07, 6.45) is 0.981. The molecule has 0 aliphatic carbocycles. The number of aromatic nitrogens is 1. The van der Waals surface area contributed by atoms with E-state index in [2.05, 4.69) is 149 Å². The van der Waals surface area contributed by atoms with E-state index in [0.29, 0.717) is 0 Å². The fourth-order valence-corrected chi connectivity index (χ4v) is 7.28. The lowest BCUT2D eigenvalue weighted by atomic mass is 9.32. The third-order valence-corrected chi connectivity index (χ3v) is 8.85. The summed E-state index contributed by atoms with van der Waals surface area (Å²) >= 11 is 0. The zero-order valence-corrected chi connectivity index (χ0v) is 22.0. The second kappa shape index (κ2) is 8.24. The van der Waals surface area contributed by atoms with Gasteiger partial charge in [0, 0.05) is 27.7 Å².